The molecular weight excluding hydrogens is 312 g/mol. The van der Waals surface area contributed by atoms with E-state index in [0.717, 1.165) is 23.2 Å². The van der Waals surface area contributed by atoms with Crippen molar-refractivity contribution in [2.75, 3.05) is 12.3 Å². The highest BCUT2D eigenvalue weighted by Gasteiger charge is 2.20. The number of nitrogen functional groups attached to an aromatic ring is 1. The van der Waals surface area contributed by atoms with Crippen LogP contribution in [0.2, 0.25) is 0 Å². The lowest BCUT2D eigenvalue weighted by Gasteiger charge is -2.26. The molecule has 0 saturated heterocycles. The molecule has 2 rings (SSSR count). The molecule has 0 radical (unpaired) electrons. The van der Waals surface area contributed by atoms with Crippen LogP contribution in [0.5, 0.6) is 0 Å². The zero-order valence-corrected chi connectivity index (χ0v) is 13.6. The largest absolute Gasteiger partial charge is 0.399 e. The zero-order valence-electron chi connectivity index (χ0n) is 12.0. The van der Waals surface area contributed by atoms with Crippen LogP contribution in [0.25, 0.3) is 0 Å². The number of hydrogen-bond donors (Lipinski definition) is 2. The maximum atomic E-state index is 5.69. The maximum absolute atomic E-state index is 5.69. The molecule has 0 amide bonds. The number of benzene rings is 2. The highest BCUT2D eigenvalue weighted by atomic mass is 79.9. The van der Waals surface area contributed by atoms with Crippen molar-refractivity contribution in [1.29, 1.82) is 0 Å². The summed E-state index contributed by atoms with van der Waals surface area (Å²) in [5, 5.41) is 3.52. The van der Waals surface area contributed by atoms with Crippen LogP contribution in [0.15, 0.2) is 53.0 Å². The second kappa shape index (κ2) is 6.42. The summed E-state index contributed by atoms with van der Waals surface area (Å²) in [7, 11) is 0. The van der Waals surface area contributed by atoms with E-state index in [1.165, 1.54) is 11.1 Å². The molecule has 3 N–H and O–H groups in total. The van der Waals surface area contributed by atoms with E-state index < -0.39 is 0 Å². The molecule has 0 aliphatic carbocycles. The Labute approximate surface area is 129 Å². The number of halogens is 1. The van der Waals surface area contributed by atoms with E-state index in [4.69, 9.17) is 5.73 Å². The monoisotopic (exact) mass is 332 g/mol. The first kappa shape index (κ1) is 15.1. The van der Waals surface area contributed by atoms with E-state index in [1.807, 2.05) is 12.1 Å². The van der Waals surface area contributed by atoms with E-state index in [0.29, 0.717) is 0 Å². The summed E-state index contributed by atoms with van der Waals surface area (Å²) in [6, 6.07) is 16.5. The highest BCUT2D eigenvalue weighted by Crippen LogP contribution is 2.25. The van der Waals surface area contributed by atoms with Crippen LogP contribution in [-0.2, 0) is 12.0 Å². The Morgan fingerprint density at radius 3 is 2.45 bits per heavy atom. The van der Waals surface area contributed by atoms with Gasteiger partial charge in [-0.05, 0) is 35.4 Å². The Kier molecular flexibility index (Phi) is 4.84. The molecule has 0 saturated carbocycles. The minimum Gasteiger partial charge on any atom is -0.399 e. The summed E-state index contributed by atoms with van der Waals surface area (Å²) < 4.78 is 1.13. The van der Waals surface area contributed by atoms with Crippen molar-refractivity contribution in [1.82, 2.24) is 5.32 Å². The molecule has 0 aliphatic rings. The number of nitrogens with two attached hydrogens (primary N) is 1. The quantitative estimate of drug-likeness (QED) is 0.809. The van der Waals surface area contributed by atoms with Crippen LogP contribution in [0, 0.1) is 0 Å². The van der Waals surface area contributed by atoms with Crippen molar-refractivity contribution in [2.24, 2.45) is 0 Å². The first-order valence-electron chi connectivity index (χ1n) is 6.78. The smallest absolute Gasteiger partial charge is 0.0314 e. The van der Waals surface area contributed by atoms with Gasteiger partial charge in [-0.2, -0.15) is 0 Å². The molecule has 2 aromatic rings. The fourth-order valence-electron chi connectivity index (χ4n) is 2.17. The average molecular weight is 333 g/mol. The van der Waals surface area contributed by atoms with Gasteiger partial charge in [-0.1, -0.05) is 54.0 Å². The topological polar surface area (TPSA) is 38.0 Å². The molecule has 0 unspecified atom stereocenters. The van der Waals surface area contributed by atoms with Crippen molar-refractivity contribution in [3.05, 3.63) is 64.1 Å². The molecule has 0 spiro atoms. The Balaban J connectivity index is 1.94. The van der Waals surface area contributed by atoms with Crippen LogP contribution < -0.4 is 11.1 Å². The van der Waals surface area contributed by atoms with Crippen LogP contribution in [0.3, 0.4) is 0 Å². The molecule has 0 aliphatic heterocycles. The van der Waals surface area contributed by atoms with Gasteiger partial charge in [0.05, 0.1) is 0 Å². The van der Waals surface area contributed by atoms with Crippen LogP contribution in [0.1, 0.15) is 25.0 Å². The third kappa shape index (κ3) is 4.09. The molecule has 3 heteroatoms. The minimum absolute atomic E-state index is 0.0948. The lowest BCUT2D eigenvalue weighted by molar-refractivity contribution is 0.469. The predicted octanol–water partition coefficient (Wildman–Crippen LogP) is 4.10. The van der Waals surface area contributed by atoms with Crippen molar-refractivity contribution in [3.8, 4) is 0 Å². The van der Waals surface area contributed by atoms with E-state index in [-0.39, 0.29) is 5.41 Å². The third-order valence-electron chi connectivity index (χ3n) is 3.48. The van der Waals surface area contributed by atoms with Crippen LogP contribution >= 0.6 is 15.9 Å². The van der Waals surface area contributed by atoms with Crippen molar-refractivity contribution in [3.63, 3.8) is 0 Å². The third-order valence-corrected chi connectivity index (χ3v) is 3.98. The molecule has 0 fully saturated rings. The molecule has 2 nitrogen and oxygen atoms in total. The van der Waals surface area contributed by atoms with Gasteiger partial charge < -0.3 is 11.1 Å². The maximum Gasteiger partial charge on any atom is 0.0314 e. The van der Waals surface area contributed by atoms with Gasteiger partial charge >= 0.3 is 0 Å². The fourth-order valence-corrected chi connectivity index (χ4v) is 2.57. The van der Waals surface area contributed by atoms with Gasteiger partial charge in [0.25, 0.3) is 0 Å². The standard InChI is InChI=1S/C17H21BrN2/c1-17(2,14-4-3-5-15(18)10-14)12-20-11-13-6-8-16(19)9-7-13/h3-10,20H,11-12,19H2,1-2H3. The Bertz CT molecular complexity index is 561. The van der Waals surface area contributed by atoms with Gasteiger partial charge in [-0.25, -0.2) is 0 Å². The zero-order chi connectivity index (χ0) is 14.6. The summed E-state index contributed by atoms with van der Waals surface area (Å²) in [4.78, 5) is 0. The van der Waals surface area contributed by atoms with Crippen molar-refractivity contribution >= 4 is 21.6 Å². The normalized spacial score (nSPS) is 11.6. The number of anilines is 1. The van der Waals surface area contributed by atoms with E-state index in [9.17, 15) is 0 Å². The summed E-state index contributed by atoms with van der Waals surface area (Å²) in [6.07, 6.45) is 0. The SMILES string of the molecule is CC(C)(CNCc1ccc(N)cc1)c1cccc(Br)c1. The molecule has 0 aromatic heterocycles. The summed E-state index contributed by atoms with van der Waals surface area (Å²) in [5.41, 5.74) is 9.18. The second-order valence-corrected chi connectivity index (χ2v) is 6.66. The summed E-state index contributed by atoms with van der Waals surface area (Å²) >= 11 is 3.53. The van der Waals surface area contributed by atoms with Crippen molar-refractivity contribution < 1.29 is 0 Å². The number of rotatable bonds is 5. The molecule has 2 aromatic carbocycles. The summed E-state index contributed by atoms with van der Waals surface area (Å²) in [6.45, 7) is 6.29. The number of nitrogens with one attached hydrogen (secondary N) is 1. The lowest BCUT2D eigenvalue weighted by Crippen LogP contribution is -2.32. The van der Waals surface area contributed by atoms with Crippen molar-refractivity contribution in [2.45, 2.75) is 25.8 Å². The van der Waals surface area contributed by atoms with Gasteiger partial charge in [0.2, 0.25) is 0 Å². The molecule has 0 atom stereocenters. The van der Waals surface area contributed by atoms with Gasteiger partial charge in [0, 0.05) is 28.7 Å². The number of hydrogen-bond acceptors (Lipinski definition) is 2. The Morgan fingerprint density at radius 1 is 1.10 bits per heavy atom. The highest BCUT2D eigenvalue weighted by molar-refractivity contribution is 9.10. The van der Waals surface area contributed by atoms with E-state index in [2.05, 4.69) is 71.5 Å². The van der Waals surface area contributed by atoms with Gasteiger partial charge in [0.1, 0.15) is 0 Å². The molecule has 0 heterocycles. The van der Waals surface area contributed by atoms with Crippen LogP contribution in [0.4, 0.5) is 5.69 Å². The van der Waals surface area contributed by atoms with Gasteiger partial charge in [-0.3, -0.25) is 0 Å². The molecule has 20 heavy (non-hydrogen) atoms. The van der Waals surface area contributed by atoms with E-state index in [1.54, 1.807) is 0 Å². The van der Waals surface area contributed by atoms with Gasteiger partial charge in [-0.15, -0.1) is 0 Å². The van der Waals surface area contributed by atoms with Crippen LogP contribution in [-0.4, -0.2) is 6.54 Å². The Morgan fingerprint density at radius 2 is 1.80 bits per heavy atom. The molecular formula is C17H21BrN2. The Hall–Kier alpha value is -1.32. The fraction of sp³-hybridized carbons (Fsp3) is 0.294. The predicted molar refractivity (Wildman–Crippen MR) is 89.7 cm³/mol. The average Bonchev–Trinajstić information content (AvgIpc) is 2.41. The minimum atomic E-state index is 0.0948. The van der Waals surface area contributed by atoms with E-state index >= 15 is 0 Å². The summed E-state index contributed by atoms with van der Waals surface area (Å²) in [5.74, 6) is 0. The first-order valence-corrected chi connectivity index (χ1v) is 7.58. The van der Waals surface area contributed by atoms with Gasteiger partial charge in [0.15, 0.2) is 0 Å². The molecule has 0 bridgehead atoms. The molecule has 106 valence electrons. The second-order valence-electron chi connectivity index (χ2n) is 5.74. The lowest BCUT2D eigenvalue weighted by atomic mass is 9.84. The first-order chi connectivity index (χ1) is 9.47.